The van der Waals surface area contributed by atoms with E-state index in [1.807, 2.05) is 42.8 Å². The van der Waals surface area contributed by atoms with Crippen molar-refractivity contribution in [2.75, 3.05) is 20.2 Å². The summed E-state index contributed by atoms with van der Waals surface area (Å²) in [5.74, 6) is 0.868. The van der Waals surface area contributed by atoms with E-state index in [2.05, 4.69) is 16.8 Å². The van der Waals surface area contributed by atoms with E-state index in [9.17, 15) is 9.18 Å². The van der Waals surface area contributed by atoms with Crippen LogP contribution in [0.15, 0.2) is 65.7 Å². The summed E-state index contributed by atoms with van der Waals surface area (Å²) >= 11 is 0. The number of aliphatic imine (C=N–C) groups is 1. The topological polar surface area (TPSA) is 63.0 Å². The molecule has 36 heavy (non-hydrogen) atoms. The standard InChI is InChI=1S/C28H30FN5O2/c1-5-13-32-14-12-28(3,21-7-9-22(29)10-8-21)34-26(35)23(31-27(32)34)15-20-6-11-24(25(16-20)36-4)33-17-19(2)30-18-33/h6-11,15-18H,5,12-14H2,1-4H3/b23-15-. The summed E-state index contributed by atoms with van der Waals surface area (Å²) in [7, 11) is 1.62. The maximum Gasteiger partial charge on any atom is 0.280 e. The highest BCUT2D eigenvalue weighted by Crippen LogP contribution is 2.41. The average Bonchev–Trinajstić information content (AvgIpc) is 3.45. The molecule has 3 heterocycles. The number of ether oxygens (including phenoxy) is 1. The molecule has 3 aromatic rings. The van der Waals surface area contributed by atoms with Gasteiger partial charge in [-0.1, -0.05) is 25.1 Å². The number of rotatable bonds is 6. The van der Waals surface area contributed by atoms with Crippen LogP contribution in [0.2, 0.25) is 0 Å². The quantitative estimate of drug-likeness (QED) is 0.464. The number of halogens is 1. The van der Waals surface area contributed by atoms with Gasteiger partial charge in [0.1, 0.15) is 17.3 Å². The summed E-state index contributed by atoms with van der Waals surface area (Å²) in [6.45, 7) is 7.65. The van der Waals surface area contributed by atoms with Gasteiger partial charge in [0.2, 0.25) is 5.96 Å². The normalized spacial score (nSPS) is 20.6. The number of guanidine groups is 1. The number of hydrogen-bond donors (Lipinski definition) is 0. The highest BCUT2D eigenvalue weighted by molar-refractivity contribution is 6.14. The monoisotopic (exact) mass is 487 g/mol. The number of methoxy groups -OCH3 is 1. The van der Waals surface area contributed by atoms with Crippen LogP contribution in [0.4, 0.5) is 4.39 Å². The second kappa shape index (κ2) is 9.26. The Morgan fingerprint density at radius 3 is 2.64 bits per heavy atom. The molecule has 8 heteroatoms. The van der Waals surface area contributed by atoms with Gasteiger partial charge in [-0.05, 0) is 68.2 Å². The minimum absolute atomic E-state index is 0.161. The Kier molecular flexibility index (Phi) is 6.12. The predicted octanol–water partition coefficient (Wildman–Crippen LogP) is 4.90. The second-order valence-electron chi connectivity index (χ2n) is 9.45. The van der Waals surface area contributed by atoms with E-state index >= 15 is 0 Å². The Hall–Kier alpha value is -3.94. The molecule has 0 aliphatic carbocycles. The number of amides is 1. The van der Waals surface area contributed by atoms with Gasteiger partial charge in [0.25, 0.3) is 5.91 Å². The van der Waals surface area contributed by atoms with Crippen LogP contribution < -0.4 is 4.74 Å². The third kappa shape index (κ3) is 4.06. The number of fused-ring (bicyclic) bond motifs is 1. The van der Waals surface area contributed by atoms with Crippen LogP contribution in [0, 0.1) is 12.7 Å². The molecule has 2 aliphatic heterocycles. The lowest BCUT2D eigenvalue weighted by Crippen LogP contribution is -2.59. The van der Waals surface area contributed by atoms with Crippen molar-refractivity contribution in [3.63, 3.8) is 0 Å². The van der Waals surface area contributed by atoms with Gasteiger partial charge >= 0.3 is 0 Å². The van der Waals surface area contributed by atoms with Gasteiger partial charge in [0.05, 0.1) is 30.4 Å². The molecule has 1 atom stereocenters. The molecule has 186 valence electrons. The number of imidazole rings is 1. The maximum atomic E-state index is 13.8. The summed E-state index contributed by atoms with van der Waals surface area (Å²) in [5, 5.41) is 0. The molecule has 1 saturated heterocycles. The number of carbonyl (C=O) groups excluding carboxylic acids is 1. The van der Waals surface area contributed by atoms with Gasteiger partial charge in [-0.3, -0.25) is 9.69 Å². The highest BCUT2D eigenvalue weighted by Gasteiger charge is 2.49. The minimum Gasteiger partial charge on any atom is -0.495 e. The fourth-order valence-corrected chi connectivity index (χ4v) is 5.00. The third-order valence-electron chi connectivity index (χ3n) is 6.94. The Labute approximate surface area is 210 Å². The number of hydrogen-bond acceptors (Lipinski definition) is 5. The molecule has 2 aliphatic rings. The van der Waals surface area contributed by atoms with Crippen molar-refractivity contribution in [2.45, 2.75) is 39.2 Å². The first kappa shape index (κ1) is 23.8. The molecule has 1 aromatic heterocycles. The van der Waals surface area contributed by atoms with Crippen molar-refractivity contribution in [2.24, 2.45) is 4.99 Å². The molecule has 1 fully saturated rings. The van der Waals surface area contributed by atoms with Crippen molar-refractivity contribution in [1.29, 1.82) is 0 Å². The SMILES string of the molecule is CCCN1CCC(C)(c2ccc(F)cc2)N2C(=O)/C(=C/c3ccc(-n4cnc(C)c4)c(OC)c3)N=C12. The summed E-state index contributed by atoms with van der Waals surface area (Å²) < 4.78 is 21.2. The molecule has 0 spiro atoms. The van der Waals surface area contributed by atoms with E-state index < -0.39 is 5.54 Å². The lowest BCUT2D eigenvalue weighted by molar-refractivity contribution is -0.128. The number of aromatic nitrogens is 2. The Morgan fingerprint density at radius 1 is 1.19 bits per heavy atom. The number of benzene rings is 2. The zero-order chi connectivity index (χ0) is 25.4. The van der Waals surface area contributed by atoms with Gasteiger partial charge < -0.3 is 14.2 Å². The molecule has 0 saturated carbocycles. The van der Waals surface area contributed by atoms with Crippen molar-refractivity contribution in [3.05, 3.63) is 83.3 Å². The van der Waals surface area contributed by atoms with E-state index in [4.69, 9.17) is 9.73 Å². The molecule has 2 aromatic carbocycles. The van der Waals surface area contributed by atoms with Gasteiger partial charge in [-0.25, -0.2) is 14.4 Å². The summed E-state index contributed by atoms with van der Waals surface area (Å²) in [6.07, 6.45) is 7.14. The zero-order valence-corrected chi connectivity index (χ0v) is 21.0. The molecule has 5 rings (SSSR count). The van der Waals surface area contributed by atoms with Crippen LogP contribution in [0.3, 0.4) is 0 Å². The van der Waals surface area contributed by atoms with Crippen LogP contribution in [0.5, 0.6) is 5.75 Å². The molecule has 1 unspecified atom stereocenters. The van der Waals surface area contributed by atoms with Crippen LogP contribution in [-0.4, -0.2) is 51.4 Å². The smallest absolute Gasteiger partial charge is 0.280 e. The van der Waals surface area contributed by atoms with Crippen LogP contribution in [0.25, 0.3) is 11.8 Å². The molecule has 0 radical (unpaired) electrons. The molecule has 0 bridgehead atoms. The van der Waals surface area contributed by atoms with Crippen molar-refractivity contribution >= 4 is 17.9 Å². The summed E-state index contributed by atoms with van der Waals surface area (Å²) in [5.41, 5.74) is 3.22. The van der Waals surface area contributed by atoms with Crippen LogP contribution in [-0.2, 0) is 10.3 Å². The van der Waals surface area contributed by atoms with Crippen molar-refractivity contribution in [1.82, 2.24) is 19.4 Å². The molecule has 7 nitrogen and oxygen atoms in total. The van der Waals surface area contributed by atoms with E-state index in [1.54, 1.807) is 36.5 Å². The zero-order valence-electron chi connectivity index (χ0n) is 21.0. The lowest BCUT2D eigenvalue weighted by Gasteiger charge is -2.47. The Bertz CT molecular complexity index is 1360. The molecular formula is C28H30FN5O2. The number of aryl methyl sites for hydroxylation is 1. The van der Waals surface area contributed by atoms with Gasteiger partial charge in [-0.2, -0.15) is 0 Å². The fourth-order valence-electron chi connectivity index (χ4n) is 5.00. The first-order valence-electron chi connectivity index (χ1n) is 12.2. The van der Waals surface area contributed by atoms with E-state index in [-0.39, 0.29) is 11.7 Å². The number of nitrogens with zero attached hydrogens (tertiary/aromatic N) is 5. The minimum atomic E-state index is -0.621. The second-order valence-corrected chi connectivity index (χ2v) is 9.45. The Balaban J connectivity index is 1.53. The summed E-state index contributed by atoms with van der Waals surface area (Å²) in [4.78, 5) is 26.8. The average molecular weight is 488 g/mol. The van der Waals surface area contributed by atoms with Crippen LogP contribution in [0.1, 0.15) is 43.5 Å². The predicted molar refractivity (Wildman–Crippen MR) is 137 cm³/mol. The van der Waals surface area contributed by atoms with Crippen LogP contribution >= 0.6 is 0 Å². The summed E-state index contributed by atoms with van der Waals surface area (Å²) in [6, 6.07) is 12.2. The number of carbonyl (C=O) groups is 1. The first-order valence-corrected chi connectivity index (χ1v) is 12.2. The molecular weight excluding hydrogens is 457 g/mol. The largest absolute Gasteiger partial charge is 0.495 e. The highest BCUT2D eigenvalue weighted by atomic mass is 19.1. The van der Waals surface area contributed by atoms with E-state index in [0.29, 0.717) is 17.4 Å². The Morgan fingerprint density at radius 2 is 1.97 bits per heavy atom. The fraction of sp³-hybridized carbons (Fsp3) is 0.321. The van der Waals surface area contributed by atoms with Gasteiger partial charge in [-0.15, -0.1) is 0 Å². The van der Waals surface area contributed by atoms with E-state index in [0.717, 1.165) is 48.4 Å². The maximum absolute atomic E-state index is 13.8. The van der Waals surface area contributed by atoms with Gasteiger partial charge in [0, 0.05) is 19.3 Å². The van der Waals surface area contributed by atoms with Crippen molar-refractivity contribution in [3.8, 4) is 11.4 Å². The van der Waals surface area contributed by atoms with E-state index in [1.165, 1.54) is 12.1 Å². The molecule has 0 N–H and O–H groups in total. The first-order chi connectivity index (χ1) is 17.3. The lowest BCUT2D eigenvalue weighted by atomic mass is 9.85. The molecule has 1 amide bonds. The van der Waals surface area contributed by atoms with Crippen molar-refractivity contribution < 1.29 is 13.9 Å². The van der Waals surface area contributed by atoms with Gasteiger partial charge in [0.15, 0.2) is 0 Å². The third-order valence-corrected chi connectivity index (χ3v) is 6.94.